The molecule has 1 aliphatic heterocycles. The van der Waals surface area contributed by atoms with Crippen molar-refractivity contribution in [3.8, 4) is 5.75 Å². The van der Waals surface area contributed by atoms with Crippen LogP contribution in [0.25, 0.3) is 16.9 Å². The second kappa shape index (κ2) is 10.6. The van der Waals surface area contributed by atoms with Gasteiger partial charge in [0.25, 0.3) is 0 Å². The predicted octanol–water partition coefficient (Wildman–Crippen LogP) is 4.18. The van der Waals surface area contributed by atoms with Crippen molar-refractivity contribution in [2.24, 2.45) is 12.8 Å². The highest BCUT2D eigenvalue weighted by molar-refractivity contribution is 6.36. The molecular formula is C25H26ClF3N9O+. The van der Waals surface area contributed by atoms with Crippen LogP contribution in [0.1, 0.15) is 23.2 Å². The molecule has 1 aliphatic rings. The summed E-state index contributed by atoms with van der Waals surface area (Å²) in [5, 5.41) is 6.19. The molecule has 0 radical (unpaired) electrons. The van der Waals surface area contributed by atoms with Gasteiger partial charge in [0.15, 0.2) is 22.8 Å². The number of ether oxygens (including phenoxy) is 1. The van der Waals surface area contributed by atoms with Gasteiger partial charge in [-0.2, -0.15) is 13.2 Å². The highest BCUT2D eigenvalue weighted by atomic mass is 35.5. The molecule has 4 aromatic rings. The maximum Gasteiger partial charge on any atom is 0.416 e. The molecule has 14 heteroatoms. The Balaban J connectivity index is 1.47. The fourth-order valence-electron chi connectivity index (χ4n) is 4.29. The van der Waals surface area contributed by atoms with Crippen molar-refractivity contribution in [1.82, 2.24) is 24.8 Å². The first-order chi connectivity index (χ1) is 18.7. The molecule has 5 N–H and O–H groups in total. The Morgan fingerprint density at radius 2 is 2.00 bits per heavy atom. The molecule has 10 nitrogen and oxygen atoms in total. The summed E-state index contributed by atoms with van der Waals surface area (Å²) in [6, 6.07) is 3.98. The molecule has 0 saturated carbocycles. The summed E-state index contributed by atoms with van der Waals surface area (Å²) in [5.74, 6) is 1.23. The summed E-state index contributed by atoms with van der Waals surface area (Å²) in [4.78, 5) is 18.0. The number of nitrogens with one attached hydrogen (secondary N) is 3. The largest absolute Gasteiger partial charge is 0.450 e. The van der Waals surface area contributed by atoms with Crippen molar-refractivity contribution < 1.29 is 22.5 Å². The van der Waals surface area contributed by atoms with Crippen LogP contribution in [0.4, 0.5) is 30.6 Å². The monoisotopic (exact) mass is 560 g/mol. The SMILES string of the molecule is CNc1nccnc1/C(=C\N)Oc1cnc2[nH]c(Nc3cc(CN4CCC4)cc(C(F)(F)F)c3)[n+](C)c2c1Cl. The molecular weight excluding hydrogens is 535 g/mol. The summed E-state index contributed by atoms with van der Waals surface area (Å²) in [6.07, 6.45) is 2.24. The number of nitrogens with zero attached hydrogens (tertiary/aromatic N) is 5. The third-order valence-corrected chi connectivity index (χ3v) is 6.71. The average molecular weight is 561 g/mol. The Morgan fingerprint density at radius 3 is 2.67 bits per heavy atom. The number of imidazole rings is 1. The number of nitrogens with two attached hydrogens (primary N) is 1. The highest BCUT2D eigenvalue weighted by Gasteiger charge is 2.32. The molecule has 0 atom stereocenters. The van der Waals surface area contributed by atoms with Gasteiger partial charge in [-0.1, -0.05) is 11.6 Å². The number of anilines is 3. The minimum absolute atomic E-state index is 0.200. The van der Waals surface area contributed by atoms with E-state index in [-0.39, 0.29) is 22.2 Å². The number of rotatable bonds is 8. The number of likely N-dealkylation sites (tertiary alicyclic amines) is 1. The molecule has 5 rings (SSSR count). The molecule has 4 heterocycles. The summed E-state index contributed by atoms with van der Waals surface area (Å²) in [5.41, 5.74) is 7.18. The molecule has 0 spiro atoms. The molecule has 1 aromatic carbocycles. The van der Waals surface area contributed by atoms with Gasteiger partial charge in [-0.25, -0.2) is 29.8 Å². The number of pyridine rings is 1. The van der Waals surface area contributed by atoms with Gasteiger partial charge in [0, 0.05) is 32.2 Å². The quantitative estimate of drug-likeness (QED) is 0.187. The van der Waals surface area contributed by atoms with Gasteiger partial charge >= 0.3 is 12.1 Å². The number of halogens is 4. The van der Waals surface area contributed by atoms with Crippen molar-refractivity contribution >= 4 is 46.0 Å². The highest BCUT2D eigenvalue weighted by Crippen LogP contribution is 2.35. The Kier molecular flexibility index (Phi) is 7.19. The second-order valence-corrected chi connectivity index (χ2v) is 9.35. The van der Waals surface area contributed by atoms with E-state index in [4.69, 9.17) is 22.1 Å². The summed E-state index contributed by atoms with van der Waals surface area (Å²) in [6.45, 7) is 2.20. The number of fused-ring (bicyclic) bond motifs is 1. The maximum atomic E-state index is 13.6. The van der Waals surface area contributed by atoms with E-state index in [1.54, 1.807) is 24.7 Å². The first kappa shape index (κ1) is 26.5. The Hall–Kier alpha value is -4.10. The van der Waals surface area contributed by atoms with Crippen LogP contribution in [-0.2, 0) is 19.8 Å². The van der Waals surface area contributed by atoms with Gasteiger partial charge in [-0.05, 0) is 43.3 Å². The fourth-order valence-corrected chi connectivity index (χ4v) is 4.59. The fraction of sp³-hybridized carbons (Fsp3) is 0.280. The molecule has 0 unspecified atom stereocenters. The molecule has 1 fully saturated rings. The lowest BCUT2D eigenvalue weighted by atomic mass is 10.1. The van der Waals surface area contributed by atoms with Crippen molar-refractivity contribution in [2.75, 3.05) is 30.8 Å². The number of alkyl halides is 3. The van der Waals surface area contributed by atoms with E-state index >= 15 is 0 Å². The van der Waals surface area contributed by atoms with Gasteiger partial charge in [-0.3, -0.25) is 4.90 Å². The standard InChI is InChI=1S/C25H25ClF3N9O/c1-31-22-20(32-4-5-33-22)17(11-30)39-18-12-34-23-21(19(18)26)37(2)24(36-23)35-16-9-14(13-38-6-3-7-38)8-15(10-16)25(27,28)29/h4-5,8-12H,3,6-7,13H2,1-2H3,(H4,30,31,32,33,34,35,36)/p+1. The average Bonchev–Trinajstić information content (AvgIpc) is 3.20. The lowest BCUT2D eigenvalue weighted by Gasteiger charge is -2.30. The molecule has 1 saturated heterocycles. The lowest BCUT2D eigenvalue weighted by Crippen LogP contribution is -2.36. The van der Waals surface area contributed by atoms with Crippen molar-refractivity contribution in [1.29, 1.82) is 0 Å². The van der Waals surface area contributed by atoms with Crippen LogP contribution in [0.15, 0.2) is 43.0 Å². The first-order valence-electron chi connectivity index (χ1n) is 12.0. The summed E-state index contributed by atoms with van der Waals surface area (Å²) in [7, 11) is 3.39. The van der Waals surface area contributed by atoms with E-state index in [2.05, 4.69) is 35.5 Å². The molecule has 0 aliphatic carbocycles. The van der Waals surface area contributed by atoms with E-state index in [0.29, 0.717) is 40.7 Å². The Labute approximate surface area is 226 Å². The number of hydrogen-bond donors (Lipinski definition) is 4. The summed E-state index contributed by atoms with van der Waals surface area (Å²) >= 11 is 6.71. The number of aryl methyl sites for hydroxylation is 1. The third-order valence-electron chi connectivity index (χ3n) is 6.34. The molecule has 0 bridgehead atoms. The Bertz CT molecular complexity index is 1550. The van der Waals surface area contributed by atoms with Crippen molar-refractivity contribution in [2.45, 2.75) is 19.1 Å². The van der Waals surface area contributed by atoms with Crippen LogP contribution in [0.5, 0.6) is 5.75 Å². The smallest absolute Gasteiger partial charge is 0.416 e. The number of hydrogen-bond acceptors (Lipinski definition) is 8. The molecule has 0 amide bonds. The number of benzene rings is 1. The predicted molar refractivity (Wildman–Crippen MR) is 141 cm³/mol. The first-order valence-corrected chi connectivity index (χ1v) is 12.4. The van der Waals surface area contributed by atoms with Crippen LogP contribution in [0, 0.1) is 0 Å². The van der Waals surface area contributed by atoms with E-state index in [9.17, 15) is 13.2 Å². The van der Waals surface area contributed by atoms with E-state index in [1.165, 1.54) is 30.9 Å². The number of aromatic nitrogens is 5. The van der Waals surface area contributed by atoms with Crippen LogP contribution in [-0.4, -0.2) is 45.0 Å². The zero-order chi connectivity index (χ0) is 27.7. The van der Waals surface area contributed by atoms with Crippen LogP contribution in [0.2, 0.25) is 5.02 Å². The van der Waals surface area contributed by atoms with Crippen LogP contribution < -0.4 is 25.7 Å². The summed E-state index contributed by atoms with van der Waals surface area (Å²) < 4.78 is 48.5. The lowest BCUT2D eigenvalue weighted by molar-refractivity contribution is -0.629. The minimum atomic E-state index is -4.48. The van der Waals surface area contributed by atoms with Gasteiger partial charge in [-0.15, -0.1) is 0 Å². The van der Waals surface area contributed by atoms with Gasteiger partial charge in [0.05, 0.1) is 24.5 Å². The van der Waals surface area contributed by atoms with Gasteiger partial charge in [0.2, 0.25) is 5.65 Å². The minimum Gasteiger partial charge on any atom is -0.450 e. The third kappa shape index (κ3) is 5.40. The second-order valence-electron chi connectivity index (χ2n) is 8.97. The van der Waals surface area contributed by atoms with E-state index in [1.807, 2.05) is 0 Å². The zero-order valence-corrected chi connectivity index (χ0v) is 21.9. The van der Waals surface area contributed by atoms with E-state index < -0.39 is 11.7 Å². The van der Waals surface area contributed by atoms with Crippen LogP contribution in [0.3, 0.4) is 0 Å². The Morgan fingerprint density at radius 1 is 1.23 bits per heavy atom. The molecule has 39 heavy (non-hydrogen) atoms. The van der Waals surface area contributed by atoms with Crippen LogP contribution >= 0.6 is 11.6 Å². The topological polar surface area (TPSA) is 121 Å². The maximum absolute atomic E-state index is 13.6. The number of H-pyrrole nitrogens is 1. The van der Waals surface area contributed by atoms with Crippen molar-refractivity contribution in [3.63, 3.8) is 0 Å². The normalized spacial score (nSPS) is 14.4. The number of aromatic amines is 1. The zero-order valence-electron chi connectivity index (χ0n) is 21.1. The molecule has 204 valence electrons. The van der Waals surface area contributed by atoms with E-state index in [0.717, 1.165) is 25.6 Å². The van der Waals surface area contributed by atoms with Gasteiger partial charge < -0.3 is 15.8 Å². The van der Waals surface area contributed by atoms with Crippen molar-refractivity contribution in [3.05, 3.63) is 64.8 Å². The van der Waals surface area contributed by atoms with Gasteiger partial charge in [0.1, 0.15) is 10.7 Å². The molecule has 3 aromatic heterocycles.